The van der Waals surface area contributed by atoms with Crippen LogP contribution in [-0.2, 0) is 4.79 Å². The second-order valence-electron chi connectivity index (χ2n) is 6.31. The Morgan fingerprint density at radius 3 is 2.17 bits per heavy atom. The summed E-state index contributed by atoms with van der Waals surface area (Å²) in [4.78, 5) is 11.9. The van der Waals surface area contributed by atoms with E-state index in [2.05, 4.69) is 9.69 Å². The van der Waals surface area contributed by atoms with Crippen LogP contribution in [0.15, 0.2) is 35.7 Å². The third-order valence-corrected chi connectivity index (χ3v) is 5.24. The number of methoxy groups -OCH3 is 4. The zero-order chi connectivity index (χ0) is 21.7. The van der Waals surface area contributed by atoms with Crippen molar-refractivity contribution in [2.24, 2.45) is 0 Å². The zero-order valence-corrected chi connectivity index (χ0v) is 18.4. The highest BCUT2D eigenvalue weighted by Gasteiger charge is 2.19. The second kappa shape index (κ2) is 9.49. The van der Waals surface area contributed by atoms with Crippen LogP contribution in [0.3, 0.4) is 0 Å². The monoisotopic (exact) mass is 428 g/mol. The molecule has 1 N–H and O–H groups in total. The minimum absolute atomic E-state index is 0.0845. The summed E-state index contributed by atoms with van der Waals surface area (Å²) in [6.45, 7) is 1.80. The molecule has 0 saturated carbocycles. The maximum absolute atomic E-state index is 11.9. The van der Waals surface area contributed by atoms with E-state index in [1.54, 1.807) is 35.4 Å². The molecule has 1 amide bonds. The van der Waals surface area contributed by atoms with Crippen LogP contribution in [0, 0.1) is 0 Å². The summed E-state index contributed by atoms with van der Waals surface area (Å²) in [5.41, 5.74) is 4.04. The van der Waals surface area contributed by atoms with Crippen molar-refractivity contribution in [1.29, 1.82) is 0 Å². The molecule has 0 aliphatic heterocycles. The van der Waals surface area contributed by atoms with E-state index >= 15 is 0 Å². The molecule has 1 aromatic heterocycles. The predicted molar refractivity (Wildman–Crippen MR) is 118 cm³/mol. The molecule has 8 heteroatoms. The van der Waals surface area contributed by atoms with Gasteiger partial charge < -0.3 is 24.3 Å². The number of benzene rings is 2. The summed E-state index contributed by atoms with van der Waals surface area (Å²) in [6.07, 6.45) is 0.379. The van der Waals surface area contributed by atoms with Crippen LogP contribution in [0.2, 0.25) is 0 Å². The number of anilines is 1. The fourth-order valence-corrected chi connectivity index (χ4v) is 3.79. The molecule has 0 atom stereocenters. The number of nitrogens with zero attached hydrogens (tertiary/aromatic N) is 1. The SMILES string of the molecule is CCC(=O)Nc1cc(-c2csnc2-c2cc(OC)c(OC)c(OC)c2)ccc1OC. The highest BCUT2D eigenvalue weighted by atomic mass is 32.1. The number of hydrogen-bond acceptors (Lipinski definition) is 7. The molecule has 3 rings (SSSR count). The number of aromatic nitrogens is 1. The van der Waals surface area contributed by atoms with Gasteiger partial charge in [-0.15, -0.1) is 0 Å². The zero-order valence-electron chi connectivity index (χ0n) is 17.6. The van der Waals surface area contributed by atoms with E-state index in [0.29, 0.717) is 35.1 Å². The molecular weight excluding hydrogens is 404 g/mol. The molecule has 2 aromatic carbocycles. The summed E-state index contributed by atoms with van der Waals surface area (Å²) >= 11 is 1.35. The fourth-order valence-electron chi connectivity index (χ4n) is 3.08. The molecule has 0 bridgehead atoms. The molecular formula is C22H24N2O5S. The Balaban J connectivity index is 2.10. The first-order valence-corrected chi connectivity index (χ1v) is 10.1. The molecule has 0 aliphatic rings. The van der Waals surface area contributed by atoms with Crippen molar-refractivity contribution in [2.45, 2.75) is 13.3 Å². The van der Waals surface area contributed by atoms with Crippen LogP contribution in [0.4, 0.5) is 5.69 Å². The van der Waals surface area contributed by atoms with Gasteiger partial charge in [0.15, 0.2) is 11.5 Å². The number of amides is 1. The first-order chi connectivity index (χ1) is 14.6. The van der Waals surface area contributed by atoms with Crippen LogP contribution in [0.1, 0.15) is 13.3 Å². The summed E-state index contributed by atoms with van der Waals surface area (Å²) in [5, 5.41) is 4.85. The van der Waals surface area contributed by atoms with Gasteiger partial charge in [0.25, 0.3) is 0 Å². The number of rotatable bonds is 8. The van der Waals surface area contributed by atoms with Crippen molar-refractivity contribution in [1.82, 2.24) is 4.37 Å². The standard InChI is InChI=1S/C22H24N2O5S/c1-6-20(25)23-16-9-13(7-8-17(16)26-2)15-12-30-24-21(15)14-10-18(27-3)22(29-5)19(11-14)28-4/h7-12H,6H2,1-5H3,(H,23,25). The molecule has 3 aromatic rings. The maximum Gasteiger partial charge on any atom is 0.224 e. The van der Waals surface area contributed by atoms with Crippen molar-refractivity contribution in [2.75, 3.05) is 33.8 Å². The lowest BCUT2D eigenvalue weighted by Crippen LogP contribution is -2.10. The van der Waals surface area contributed by atoms with Gasteiger partial charge in [-0.25, -0.2) is 0 Å². The molecule has 0 unspecified atom stereocenters. The van der Waals surface area contributed by atoms with Gasteiger partial charge in [-0.3, -0.25) is 4.79 Å². The Bertz CT molecular complexity index is 1020. The molecule has 0 aliphatic carbocycles. The van der Waals surface area contributed by atoms with Crippen LogP contribution in [0.25, 0.3) is 22.4 Å². The highest BCUT2D eigenvalue weighted by molar-refractivity contribution is 7.04. The Labute approximate surface area is 179 Å². The van der Waals surface area contributed by atoms with Gasteiger partial charge in [0.2, 0.25) is 11.7 Å². The van der Waals surface area contributed by atoms with Gasteiger partial charge >= 0.3 is 0 Å². The lowest BCUT2D eigenvalue weighted by Gasteiger charge is -2.15. The van der Waals surface area contributed by atoms with Gasteiger partial charge in [0, 0.05) is 22.9 Å². The minimum Gasteiger partial charge on any atom is -0.495 e. The topological polar surface area (TPSA) is 78.9 Å². The van der Waals surface area contributed by atoms with E-state index in [4.69, 9.17) is 18.9 Å². The Morgan fingerprint density at radius 2 is 1.60 bits per heavy atom. The summed E-state index contributed by atoms with van der Waals surface area (Å²) in [7, 11) is 6.30. The van der Waals surface area contributed by atoms with Crippen LogP contribution in [0.5, 0.6) is 23.0 Å². The average molecular weight is 429 g/mol. The predicted octanol–water partition coefficient (Wildman–Crippen LogP) is 4.86. The third-order valence-electron chi connectivity index (χ3n) is 4.61. The van der Waals surface area contributed by atoms with Crippen molar-refractivity contribution in [3.63, 3.8) is 0 Å². The molecule has 0 radical (unpaired) electrons. The molecule has 0 saturated heterocycles. The van der Waals surface area contributed by atoms with E-state index in [1.165, 1.54) is 11.5 Å². The molecule has 1 heterocycles. The van der Waals surface area contributed by atoms with Gasteiger partial charge in [-0.1, -0.05) is 13.0 Å². The van der Waals surface area contributed by atoms with Crippen molar-refractivity contribution in [3.8, 4) is 45.4 Å². The third kappa shape index (κ3) is 4.18. The first-order valence-electron chi connectivity index (χ1n) is 9.29. The molecule has 158 valence electrons. The number of carbonyl (C=O) groups is 1. The van der Waals surface area contributed by atoms with Crippen LogP contribution >= 0.6 is 11.5 Å². The number of carbonyl (C=O) groups excluding carboxylic acids is 1. The van der Waals surface area contributed by atoms with E-state index in [-0.39, 0.29) is 5.91 Å². The van der Waals surface area contributed by atoms with Gasteiger partial charge in [-0.05, 0) is 41.4 Å². The summed E-state index contributed by atoms with van der Waals surface area (Å²) < 4.78 is 26.3. The van der Waals surface area contributed by atoms with Crippen molar-refractivity contribution in [3.05, 3.63) is 35.7 Å². The molecule has 0 spiro atoms. The van der Waals surface area contributed by atoms with E-state index in [9.17, 15) is 4.79 Å². The highest BCUT2D eigenvalue weighted by Crippen LogP contribution is 2.44. The summed E-state index contributed by atoms with van der Waals surface area (Å²) in [6, 6.07) is 9.38. The quantitative estimate of drug-likeness (QED) is 0.552. The van der Waals surface area contributed by atoms with Crippen LogP contribution in [-0.4, -0.2) is 38.7 Å². The first kappa shape index (κ1) is 21.4. The van der Waals surface area contributed by atoms with E-state index < -0.39 is 0 Å². The van der Waals surface area contributed by atoms with Crippen molar-refractivity contribution < 1.29 is 23.7 Å². The Morgan fingerprint density at radius 1 is 0.933 bits per heavy atom. The Kier molecular flexibility index (Phi) is 6.79. The molecule has 0 fully saturated rings. The van der Waals surface area contributed by atoms with Gasteiger partial charge in [-0.2, -0.15) is 4.37 Å². The number of nitrogens with one attached hydrogen (secondary N) is 1. The lowest BCUT2D eigenvalue weighted by molar-refractivity contribution is -0.115. The largest absolute Gasteiger partial charge is 0.495 e. The maximum atomic E-state index is 11.9. The smallest absolute Gasteiger partial charge is 0.224 e. The lowest BCUT2D eigenvalue weighted by atomic mass is 10.0. The Hall–Kier alpha value is -3.26. The van der Waals surface area contributed by atoms with E-state index in [1.807, 2.05) is 35.7 Å². The molecule has 7 nitrogen and oxygen atoms in total. The molecule has 30 heavy (non-hydrogen) atoms. The number of hydrogen-bond donors (Lipinski definition) is 1. The normalized spacial score (nSPS) is 10.4. The number of ether oxygens (including phenoxy) is 4. The second-order valence-corrected chi connectivity index (χ2v) is 6.94. The van der Waals surface area contributed by atoms with Crippen molar-refractivity contribution >= 4 is 23.1 Å². The summed E-state index contributed by atoms with van der Waals surface area (Å²) in [5.74, 6) is 2.14. The van der Waals surface area contributed by atoms with Gasteiger partial charge in [0.1, 0.15) is 5.75 Å². The average Bonchev–Trinajstić information content (AvgIpc) is 3.27. The van der Waals surface area contributed by atoms with Crippen LogP contribution < -0.4 is 24.3 Å². The van der Waals surface area contributed by atoms with Gasteiger partial charge in [0.05, 0.1) is 39.8 Å². The minimum atomic E-state index is -0.0845. The van der Waals surface area contributed by atoms with E-state index in [0.717, 1.165) is 22.4 Å². The fraction of sp³-hybridized carbons (Fsp3) is 0.273.